The summed E-state index contributed by atoms with van der Waals surface area (Å²) in [4.78, 5) is 12.5. The number of ether oxygens (including phenoxy) is 3. The SMILES string of the molecule is COc1cc(CCC(=O)NCC2(c3ccccc3)CCC2)cc(OC)c1OC. The molecule has 0 aromatic heterocycles. The molecule has 1 fully saturated rings. The number of rotatable bonds is 9. The van der Waals surface area contributed by atoms with Crippen LogP contribution in [0.5, 0.6) is 17.2 Å². The lowest BCUT2D eigenvalue weighted by Gasteiger charge is -2.42. The molecule has 1 saturated carbocycles. The molecule has 1 aliphatic rings. The van der Waals surface area contributed by atoms with E-state index in [2.05, 4.69) is 29.6 Å². The highest BCUT2D eigenvalue weighted by Crippen LogP contribution is 2.43. The fraction of sp³-hybridized carbons (Fsp3) is 0.435. The number of nitrogens with one attached hydrogen (secondary N) is 1. The average molecular weight is 383 g/mol. The molecule has 2 aromatic carbocycles. The summed E-state index contributed by atoms with van der Waals surface area (Å²) in [5.41, 5.74) is 2.40. The summed E-state index contributed by atoms with van der Waals surface area (Å²) in [6, 6.07) is 14.3. The van der Waals surface area contributed by atoms with Crippen molar-refractivity contribution < 1.29 is 19.0 Å². The normalized spacial score (nSPS) is 14.7. The van der Waals surface area contributed by atoms with Gasteiger partial charge in [-0.05, 0) is 42.5 Å². The Kier molecular flexibility index (Phi) is 6.45. The van der Waals surface area contributed by atoms with Crippen molar-refractivity contribution in [2.75, 3.05) is 27.9 Å². The van der Waals surface area contributed by atoms with Gasteiger partial charge in [-0.1, -0.05) is 36.8 Å². The molecule has 0 bridgehead atoms. The third-order valence-corrected chi connectivity index (χ3v) is 5.69. The van der Waals surface area contributed by atoms with Crippen LogP contribution in [0.4, 0.5) is 0 Å². The lowest BCUT2D eigenvalue weighted by molar-refractivity contribution is -0.121. The van der Waals surface area contributed by atoms with Crippen LogP contribution in [0.15, 0.2) is 42.5 Å². The smallest absolute Gasteiger partial charge is 0.220 e. The molecule has 1 aliphatic carbocycles. The van der Waals surface area contributed by atoms with Crippen LogP contribution < -0.4 is 19.5 Å². The van der Waals surface area contributed by atoms with Crippen LogP contribution in [-0.2, 0) is 16.6 Å². The number of methoxy groups -OCH3 is 3. The monoisotopic (exact) mass is 383 g/mol. The van der Waals surface area contributed by atoms with Crippen LogP contribution in [0.2, 0.25) is 0 Å². The van der Waals surface area contributed by atoms with Gasteiger partial charge >= 0.3 is 0 Å². The van der Waals surface area contributed by atoms with Gasteiger partial charge in [0.05, 0.1) is 21.3 Å². The first kappa shape index (κ1) is 20.1. The first-order chi connectivity index (χ1) is 13.6. The quantitative estimate of drug-likeness (QED) is 0.714. The van der Waals surface area contributed by atoms with Crippen molar-refractivity contribution in [3.8, 4) is 17.2 Å². The van der Waals surface area contributed by atoms with E-state index in [0.717, 1.165) is 18.4 Å². The topological polar surface area (TPSA) is 56.8 Å². The summed E-state index contributed by atoms with van der Waals surface area (Å²) in [6.07, 6.45) is 4.51. The molecule has 150 valence electrons. The maximum absolute atomic E-state index is 12.5. The molecule has 1 amide bonds. The lowest BCUT2D eigenvalue weighted by Crippen LogP contribution is -2.45. The molecule has 0 spiro atoms. The van der Waals surface area contributed by atoms with Gasteiger partial charge in [0.15, 0.2) is 11.5 Å². The number of hydrogen-bond acceptors (Lipinski definition) is 4. The molecule has 0 unspecified atom stereocenters. The van der Waals surface area contributed by atoms with Gasteiger partial charge in [-0.3, -0.25) is 4.79 Å². The van der Waals surface area contributed by atoms with E-state index < -0.39 is 0 Å². The summed E-state index contributed by atoms with van der Waals surface area (Å²) in [7, 11) is 4.77. The summed E-state index contributed by atoms with van der Waals surface area (Å²) in [5.74, 6) is 1.84. The van der Waals surface area contributed by atoms with E-state index in [9.17, 15) is 4.79 Å². The highest BCUT2D eigenvalue weighted by atomic mass is 16.5. The Morgan fingerprint density at radius 1 is 1.00 bits per heavy atom. The van der Waals surface area contributed by atoms with E-state index >= 15 is 0 Å². The van der Waals surface area contributed by atoms with Crippen molar-refractivity contribution in [3.05, 3.63) is 53.6 Å². The standard InChI is InChI=1S/C23H29NO4/c1-26-19-14-17(15-20(27-2)22(19)28-3)10-11-21(25)24-16-23(12-7-13-23)18-8-5-4-6-9-18/h4-6,8-9,14-15H,7,10-13,16H2,1-3H3,(H,24,25). The predicted molar refractivity (Wildman–Crippen MR) is 109 cm³/mol. The molecule has 0 atom stereocenters. The van der Waals surface area contributed by atoms with Crippen molar-refractivity contribution in [1.82, 2.24) is 5.32 Å². The van der Waals surface area contributed by atoms with Crippen molar-refractivity contribution in [3.63, 3.8) is 0 Å². The second-order valence-corrected chi connectivity index (χ2v) is 7.31. The van der Waals surface area contributed by atoms with Crippen molar-refractivity contribution in [2.45, 2.75) is 37.5 Å². The number of amides is 1. The summed E-state index contributed by atoms with van der Waals surface area (Å²) in [5, 5.41) is 3.15. The largest absolute Gasteiger partial charge is 0.493 e. The Morgan fingerprint density at radius 3 is 2.14 bits per heavy atom. The second kappa shape index (κ2) is 9.00. The van der Waals surface area contributed by atoms with E-state index in [1.54, 1.807) is 21.3 Å². The first-order valence-corrected chi connectivity index (χ1v) is 9.73. The van der Waals surface area contributed by atoms with Gasteiger partial charge in [0.25, 0.3) is 0 Å². The van der Waals surface area contributed by atoms with Crippen molar-refractivity contribution >= 4 is 5.91 Å². The number of benzene rings is 2. The molecule has 0 saturated heterocycles. The molecule has 3 rings (SSSR count). The number of aryl methyl sites for hydroxylation is 1. The Hall–Kier alpha value is -2.69. The molecular formula is C23H29NO4. The molecule has 2 aromatic rings. The molecule has 0 heterocycles. The van der Waals surface area contributed by atoms with Crippen LogP contribution in [0.25, 0.3) is 0 Å². The van der Waals surface area contributed by atoms with Crippen molar-refractivity contribution in [1.29, 1.82) is 0 Å². The highest BCUT2D eigenvalue weighted by molar-refractivity contribution is 5.76. The van der Waals surface area contributed by atoms with Gasteiger partial charge < -0.3 is 19.5 Å². The maximum Gasteiger partial charge on any atom is 0.220 e. The molecule has 0 radical (unpaired) electrons. The van der Waals surface area contributed by atoms with Gasteiger partial charge in [0.2, 0.25) is 11.7 Å². The highest BCUT2D eigenvalue weighted by Gasteiger charge is 2.38. The van der Waals surface area contributed by atoms with Crippen LogP contribution in [0.1, 0.15) is 36.8 Å². The Balaban J connectivity index is 1.59. The summed E-state index contributed by atoms with van der Waals surface area (Å²) >= 11 is 0. The summed E-state index contributed by atoms with van der Waals surface area (Å²) in [6.45, 7) is 0.700. The fourth-order valence-electron chi connectivity index (χ4n) is 3.86. The minimum absolute atomic E-state index is 0.0657. The van der Waals surface area contributed by atoms with Gasteiger partial charge in [0, 0.05) is 18.4 Å². The first-order valence-electron chi connectivity index (χ1n) is 9.73. The van der Waals surface area contributed by atoms with Crippen molar-refractivity contribution in [2.24, 2.45) is 0 Å². The van der Waals surface area contributed by atoms with Gasteiger partial charge in [0.1, 0.15) is 0 Å². The second-order valence-electron chi connectivity index (χ2n) is 7.31. The Morgan fingerprint density at radius 2 is 1.64 bits per heavy atom. The van der Waals surface area contributed by atoms with E-state index in [1.165, 1.54) is 12.0 Å². The van der Waals surface area contributed by atoms with E-state index in [0.29, 0.717) is 36.6 Å². The van der Waals surface area contributed by atoms with Gasteiger partial charge in [-0.15, -0.1) is 0 Å². The molecular weight excluding hydrogens is 354 g/mol. The molecule has 0 aliphatic heterocycles. The zero-order valence-electron chi connectivity index (χ0n) is 16.9. The average Bonchev–Trinajstić information content (AvgIpc) is 2.71. The molecule has 28 heavy (non-hydrogen) atoms. The Bertz CT molecular complexity index is 774. The summed E-state index contributed by atoms with van der Waals surface area (Å²) < 4.78 is 16.1. The molecule has 5 nitrogen and oxygen atoms in total. The Labute approximate surface area is 167 Å². The van der Waals surface area contributed by atoms with Crippen LogP contribution in [-0.4, -0.2) is 33.8 Å². The number of carbonyl (C=O) groups is 1. The van der Waals surface area contributed by atoms with Gasteiger partial charge in [-0.2, -0.15) is 0 Å². The van der Waals surface area contributed by atoms with E-state index in [1.807, 2.05) is 18.2 Å². The van der Waals surface area contributed by atoms with E-state index in [-0.39, 0.29) is 11.3 Å². The molecule has 1 N–H and O–H groups in total. The number of carbonyl (C=O) groups excluding carboxylic acids is 1. The van der Waals surface area contributed by atoms with Crippen LogP contribution in [0.3, 0.4) is 0 Å². The zero-order chi connectivity index (χ0) is 20.0. The number of hydrogen-bond donors (Lipinski definition) is 1. The van der Waals surface area contributed by atoms with Gasteiger partial charge in [-0.25, -0.2) is 0 Å². The maximum atomic E-state index is 12.5. The third kappa shape index (κ3) is 4.24. The van der Waals surface area contributed by atoms with E-state index in [4.69, 9.17) is 14.2 Å². The van der Waals surface area contributed by atoms with Crippen LogP contribution >= 0.6 is 0 Å². The third-order valence-electron chi connectivity index (χ3n) is 5.69. The minimum atomic E-state index is 0.0657. The molecule has 5 heteroatoms. The van der Waals surface area contributed by atoms with Crippen LogP contribution in [0, 0.1) is 0 Å². The predicted octanol–water partition coefficient (Wildman–Crippen LogP) is 3.88. The fourth-order valence-corrected chi connectivity index (χ4v) is 3.86. The lowest BCUT2D eigenvalue weighted by atomic mass is 9.64. The minimum Gasteiger partial charge on any atom is -0.493 e. The zero-order valence-corrected chi connectivity index (χ0v) is 16.9.